The number of carbonyl (C=O) groups excluding carboxylic acids is 2. The van der Waals surface area contributed by atoms with Gasteiger partial charge >= 0.3 is 5.97 Å². The first-order valence-electron chi connectivity index (χ1n) is 14.9. The van der Waals surface area contributed by atoms with Crippen molar-refractivity contribution in [3.05, 3.63) is 11.1 Å². The Morgan fingerprint density at radius 3 is 2.37 bits per heavy atom. The lowest BCUT2D eigenvalue weighted by molar-refractivity contribution is -0.226. The molecular formula is C31H52O6Si. The fourth-order valence-electron chi connectivity index (χ4n) is 8.26. The molecule has 0 amide bonds. The number of hydrogen-bond acceptors (Lipinski definition) is 6. The summed E-state index contributed by atoms with van der Waals surface area (Å²) >= 11 is 0. The van der Waals surface area contributed by atoms with Crippen LogP contribution >= 0.6 is 0 Å². The van der Waals surface area contributed by atoms with Gasteiger partial charge in [-0.25, -0.2) is 0 Å². The predicted molar refractivity (Wildman–Crippen MR) is 151 cm³/mol. The zero-order valence-corrected chi connectivity index (χ0v) is 26.7. The third-order valence-corrected chi connectivity index (χ3v) is 15.8. The monoisotopic (exact) mass is 548 g/mol. The average molecular weight is 549 g/mol. The number of esters is 1. The molecule has 4 rings (SSSR count). The van der Waals surface area contributed by atoms with Crippen molar-refractivity contribution in [1.29, 1.82) is 0 Å². The summed E-state index contributed by atoms with van der Waals surface area (Å²) in [7, 11) is -0.517. The highest BCUT2D eigenvalue weighted by molar-refractivity contribution is 6.74. The number of hydrogen-bond donors (Lipinski definition) is 0. The minimum Gasteiger partial charge on any atom is -0.469 e. The second-order valence-corrected chi connectivity index (χ2v) is 19.1. The van der Waals surface area contributed by atoms with Gasteiger partial charge in [0, 0.05) is 25.0 Å². The van der Waals surface area contributed by atoms with E-state index in [9.17, 15) is 9.59 Å². The van der Waals surface area contributed by atoms with E-state index in [0.29, 0.717) is 6.61 Å². The molecule has 0 spiro atoms. The van der Waals surface area contributed by atoms with Crippen LogP contribution in [0.25, 0.3) is 0 Å². The Labute approximate surface area is 231 Å². The zero-order chi connectivity index (χ0) is 28.4. The molecule has 7 heteroatoms. The van der Waals surface area contributed by atoms with Crippen molar-refractivity contribution in [2.24, 2.45) is 40.9 Å². The zero-order valence-electron chi connectivity index (χ0n) is 25.7. The van der Waals surface area contributed by atoms with Crippen LogP contribution in [0.2, 0.25) is 18.1 Å². The second kappa shape index (κ2) is 10.4. The summed E-state index contributed by atoms with van der Waals surface area (Å²) in [5.74, 6) is 0.141. The van der Waals surface area contributed by atoms with Crippen LogP contribution in [-0.4, -0.2) is 52.3 Å². The number of ether oxygens (including phenoxy) is 3. The predicted octanol–water partition coefficient (Wildman–Crippen LogP) is 6.54. The van der Waals surface area contributed by atoms with Crippen LogP contribution in [0.3, 0.4) is 0 Å². The molecule has 6 nitrogen and oxygen atoms in total. The molecule has 4 aliphatic rings. The van der Waals surface area contributed by atoms with E-state index >= 15 is 0 Å². The molecule has 1 aliphatic heterocycles. The molecule has 0 aromatic rings. The summed E-state index contributed by atoms with van der Waals surface area (Å²) in [5.41, 5.74) is 2.45. The van der Waals surface area contributed by atoms with Gasteiger partial charge in [-0.1, -0.05) is 47.1 Å². The number of rotatable bonds is 6. The van der Waals surface area contributed by atoms with E-state index in [2.05, 4.69) is 54.6 Å². The van der Waals surface area contributed by atoms with Gasteiger partial charge in [0.25, 0.3) is 0 Å². The van der Waals surface area contributed by atoms with E-state index in [-0.39, 0.29) is 70.3 Å². The lowest BCUT2D eigenvalue weighted by Gasteiger charge is -2.62. The molecule has 0 unspecified atom stereocenters. The molecule has 1 saturated heterocycles. The van der Waals surface area contributed by atoms with Gasteiger partial charge in [0.15, 0.2) is 14.6 Å². The highest BCUT2D eigenvalue weighted by Crippen LogP contribution is 2.64. The topological polar surface area (TPSA) is 71.1 Å². The number of fused-ring (bicyclic) bond motifs is 2. The van der Waals surface area contributed by atoms with Crippen LogP contribution in [0, 0.1) is 40.9 Å². The SMILES string of the molecule is CCO[C@H]1C[C@@H]2C3=C(C[C@@H](C(C)=O)[C@H]2C)[C@@]2(C)CC[C@H](O[Si](C)(C)C(C)(C)C)[C@@H](C)[C@@H]2[C@@H](C(=O)OC)[C@H]3O1. The summed E-state index contributed by atoms with van der Waals surface area (Å²) < 4.78 is 25.3. The van der Waals surface area contributed by atoms with Crippen LogP contribution in [0.4, 0.5) is 0 Å². The van der Waals surface area contributed by atoms with Crippen molar-refractivity contribution >= 4 is 20.1 Å². The second-order valence-electron chi connectivity index (χ2n) is 14.3. The van der Waals surface area contributed by atoms with Crippen molar-refractivity contribution in [2.45, 2.75) is 118 Å². The Kier molecular flexibility index (Phi) is 8.22. The largest absolute Gasteiger partial charge is 0.469 e. The lowest BCUT2D eigenvalue weighted by atomic mass is 9.46. The summed E-state index contributed by atoms with van der Waals surface area (Å²) in [6.45, 7) is 22.6. The molecule has 3 aliphatic carbocycles. The Morgan fingerprint density at radius 2 is 1.82 bits per heavy atom. The molecule has 0 aromatic carbocycles. The Morgan fingerprint density at radius 1 is 1.16 bits per heavy atom. The molecule has 0 N–H and O–H groups in total. The van der Waals surface area contributed by atoms with Crippen LogP contribution in [0.1, 0.15) is 81.1 Å². The smallest absolute Gasteiger partial charge is 0.311 e. The number of carbonyl (C=O) groups is 2. The van der Waals surface area contributed by atoms with E-state index in [1.54, 1.807) is 6.92 Å². The van der Waals surface area contributed by atoms with Gasteiger partial charge in [0.1, 0.15) is 5.78 Å². The minimum absolute atomic E-state index is 0.00394. The molecule has 0 aromatic heterocycles. The third kappa shape index (κ3) is 4.77. The first-order chi connectivity index (χ1) is 17.6. The maximum Gasteiger partial charge on any atom is 0.311 e. The van der Waals surface area contributed by atoms with Crippen molar-refractivity contribution in [2.75, 3.05) is 13.7 Å². The maximum absolute atomic E-state index is 13.7. The molecule has 10 atom stereocenters. The molecule has 1 saturated carbocycles. The average Bonchev–Trinajstić information content (AvgIpc) is 2.82. The third-order valence-electron chi connectivity index (χ3n) is 11.3. The minimum atomic E-state index is -2.01. The number of allylic oxidation sites excluding steroid dienone is 1. The Balaban J connectivity index is 1.85. The van der Waals surface area contributed by atoms with Crippen LogP contribution in [0.15, 0.2) is 11.1 Å². The number of methoxy groups -OCH3 is 1. The van der Waals surface area contributed by atoms with Gasteiger partial charge in [0.05, 0.1) is 19.1 Å². The van der Waals surface area contributed by atoms with Gasteiger partial charge in [0.2, 0.25) is 0 Å². The molecule has 38 heavy (non-hydrogen) atoms. The number of Topliss-reactive ketones (excluding diaryl/α,β-unsaturated/α-hetero) is 1. The fraction of sp³-hybridized carbons (Fsp3) is 0.871. The highest BCUT2D eigenvalue weighted by Gasteiger charge is 2.63. The van der Waals surface area contributed by atoms with Crippen molar-refractivity contribution < 1.29 is 28.2 Å². The molecule has 0 bridgehead atoms. The lowest BCUT2D eigenvalue weighted by Crippen LogP contribution is -2.62. The number of ketones is 1. The highest BCUT2D eigenvalue weighted by atomic mass is 28.4. The fourth-order valence-corrected chi connectivity index (χ4v) is 9.70. The van der Waals surface area contributed by atoms with Gasteiger partial charge < -0.3 is 18.6 Å². The maximum atomic E-state index is 13.7. The standard InChI is InChI=1S/C31H52O6Si/c1-12-35-24-16-21-17(2)20(19(4)32)15-22-25(21)28(36-24)26(29(33)34-9)27-18(3)23(13-14-31(22,27)8)37-38(10,11)30(5,6)7/h17-18,20-21,23-24,26-28H,12-16H2,1-11H3/t17-,18-,20-,21+,23+,24-,26-,27-,28+,31-/m1/s1. The van der Waals surface area contributed by atoms with E-state index < -0.39 is 14.2 Å². The van der Waals surface area contributed by atoms with Crippen molar-refractivity contribution in [3.63, 3.8) is 0 Å². The molecule has 1 heterocycles. The normalized spacial score (nSPS) is 41.3. The van der Waals surface area contributed by atoms with E-state index in [1.165, 1.54) is 18.3 Å². The molecule has 2 fully saturated rings. The van der Waals surface area contributed by atoms with Gasteiger partial charge in [-0.05, 0) is 85.9 Å². The Hall–Kier alpha value is -1.02. The quantitative estimate of drug-likeness (QED) is 0.213. The summed E-state index contributed by atoms with van der Waals surface area (Å²) in [6, 6.07) is 0. The van der Waals surface area contributed by atoms with Crippen molar-refractivity contribution in [1.82, 2.24) is 0 Å². The first-order valence-corrected chi connectivity index (χ1v) is 17.8. The summed E-state index contributed by atoms with van der Waals surface area (Å²) in [6.07, 6.45) is 2.72. The van der Waals surface area contributed by atoms with Crippen molar-refractivity contribution in [3.8, 4) is 0 Å². The van der Waals surface area contributed by atoms with Crippen LogP contribution < -0.4 is 0 Å². The van der Waals surface area contributed by atoms with Crippen LogP contribution in [0.5, 0.6) is 0 Å². The molecule has 0 radical (unpaired) electrons. The molecule has 216 valence electrons. The van der Waals surface area contributed by atoms with Gasteiger partial charge in [-0.15, -0.1) is 0 Å². The van der Waals surface area contributed by atoms with Gasteiger partial charge in [-0.2, -0.15) is 0 Å². The van der Waals surface area contributed by atoms with E-state index in [4.69, 9.17) is 18.6 Å². The van der Waals surface area contributed by atoms with Gasteiger partial charge in [-0.3, -0.25) is 9.59 Å². The Bertz CT molecular complexity index is 966. The molecular weight excluding hydrogens is 496 g/mol. The van der Waals surface area contributed by atoms with Crippen LogP contribution in [-0.2, 0) is 28.2 Å². The summed E-state index contributed by atoms with van der Waals surface area (Å²) in [5, 5.41) is 0.107. The first kappa shape index (κ1) is 29.9. The van der Waals surface area contributed by atoms with E-state index in [0.717, 1.165) is 25.7 Å². The summed E-state index contributed by atoms with van der Waals surface area (Å²) in [4.78, 5) is 26.6. The van der Waals surface area contributed by atoms with E-state index in [1.807, 2.05) is 6.92 Å².